The lowest BCUT2D eigenvalue weighted by Gasteiger charge is -2.28. The zero-order valence-electron chi connectivity index (χ0n) is 17.4. The first kappa shape index (κ1) is 22.3. The van der Waals surface area contributed by atoms with E-state index in [2.05, 4.69) is 14.9 Å². The summed E-state index contributed by atoms with van der Waals surface area (Å²) < 4.78 is 31.8. The molecule has 1 saturated heterocycles. The summed E-state index contributed by atoms with van der Waals surface area (Å²) in [5.74, 6) is 0.579. The number of likely N-dealkylation sites (tertiary alicyclic amines) is 1. The summed E-state index contributed by atoms with van der Waals surface area (Å²) in [7, 11) is -1.89. The number of sulfonamides is 1. The number of ether oxygens (including phenoxy) is 1. The third-order valence-electron chi connectivity index (χ3n) is 5.30. The number of amides is 1. The van der Waals surface area contributed by atoms with Gasteiger partial charge in [-0.15, -0.1) is 0 Å². The van der Waals surface area contributed by atoms with Gasteiger partial charge in [0.25, 0.3) is 5.91 Å². The van der Waals surface area contributed by atoms with Crippen LogP contribution in [0.15, 0.2) is 53.4 Å². The minimum atomic E-state index is -3.53. The molecule has 1 amide bonds. The van der Waals surface area contributed by atoms with Crippen molar-refractivity contribution < 1.29 is 17.9 Å². The number of hydrogen-bond acceptors (Lipinski definition) is 5. The van der Waals surface area contributed by atoms with Crippen LogP contribution in [0.2, 0.25) is 0 Å². The van der Waals surface area contributed by atoms with E-state index in [1.807, 2.05) is 24.3 Å². The molecule has 0 spiro atoms. The molecule has 3 rings (SSSR count). The van der Waals surface area contributed by atoms with Crippen molar-refractivity contribution in [1.29, 1.82) is 0 Å². The second-order valence-corrected chi connectivity index (χ2v) is 9.03. The van der Waals surface area contributed by atoms with Crippen LogP contribution in [-0.4, -0.2) is 52.5 Å². The molecule has 1 heterocycles. The maximum atomic E-state index is 12.7. The van der Waals surface area contributed by atoms with Gasteiger partial charge in [0.2, 0.25) is 10.0 Å². The van der Waals surface area contributed by atoms with Gasteiger partial charge in [0, 0.05) is 18.7 Å². The lowest BCUT2D eigenvalue weighted by molar-refractivity contribution is 0.0937. The molecule has 162 valence electrons. The highest BCUT2D eigenvalue weighted by Gasteiger charge is 2.24. The molecule has 0 saturated carbocycles. The molecule has 7 nitrogen and oxygen atoms in total. The molecule has 2 aromatic carbocycles. The van der Waals surface area contributed by atoms with Crippen molar-refractivity contribution in [2.45, 2.75) is 30.7 Å². The fourth-order valence-corrected chi connectivity index (χ4v) is 4.73. The van der Waals surface area contributed by atoms with Gasteiger partial charge in [0.05, 0.1) is 18.0 Å². The van der Waals surface area contributed by atoms with E-state index in [-0.39, 0.29) is 16.8 Å². The molecule has 0 bridgehead atoms. The van der Waals surface area contributed by atoms with Crippen molar-refractivity contribution in [3.05, 3.63) is 59.7 Å². The highest BCUT2D eigenvalue weighted by Crippen LogP contribution is 2.26. The Balaban J connectivity index is 1.69. The molecule has 1 atom stereocenters. The zero-order valence-corrected chi connectivity index (χ0v) is 18.2. The van der Waals surface area contributed by atoms with Gasteiger partial charge in [-0.25, -0.2) is 13.1 Å². The molecule has 1 aliphatic heterocycles. The van der Waals surface area contributed by atoms with Crippen molar-refractivity contribution in [3.63, 3.8) is 0 Å². The van der Waals surface area contributed by atoms with Crippen molar-refractivity contribution in [3.8, 4) is 5.75 Å². The fourth-order valence-electron chi connectivity index (χ4n) is 3.69. The van der Waals surface area contributed by atoms with E-state index in [1.165, 1.54) is 24.3 Å². The average molecular weight is 432 g/mol. The Labute approximate surface area is 178 Å². The molecule has 0 radical (unpaired) electrons. The maximum absolute atomic E-state index is 12.7. The number of nitrogens with one attached hydrogen (secondary N) is 2. The number of nitrogens with zero attached hydrogens (tertiary/aromatic N) is 1. The van der Waals surface area contributed by atoms with Crippen LogP contribution in [0.3, 0.4) is 0 Å². The zero-order chi connectivity index (χ0) is 21.6. The molecule has 1 unspecified atom stereocenters. The monoisotopic (exact) mass is 431 g/mol. The molecule has 8 heteroatoms. The van der Waals surface area contributed by atoms with Crippen LogP contribution in [0.5, 0.6) is 5.75 Å². The summed E-state index contributed by atoms with van der Waals surface area (Å²) >= 11 is 0. The van der Waals surface area contributed by atoms with E-state index in [1.54, 1.807) is 14.0 Å². The third-order valence-corrected chi connectivity index (χ3v) is 6.86. The second-order valence-electron chi connectivity index (χ2n) is 7.27. The summed E-state index contributed by atoms with van der Waals surface area (Å²) in [6.45, 7) is 4.52. The van der Waals surface area contributed by atoms with Crippen LogP contribution < -0.4 is 14.8 Å². The summed E-state index contributed by atoms with van der Waals surface area (Å²) in [4.78, 5) is 15.2. The van der Waals surface area contributed by atoms with Gasteiger partial charge in [0.15, 0.2) is 0 Å². The molecular formula is C22H29N3O4S. The van der Waals surface area contributed by atoms with Gasteiger partial charge < -0.3 is 10.1 Å². The Morgan fingerprint density at radius 3 is 2.27 bits per heavy atom. The minimum Gasteiger partial charge on any atom is -0.497 e. The number of methoxy groups -OCH3 is 1. The Hall–Kier alpha value is -2.42. The lowest BCUT2D eigenvalue weighted by atomic mass is 10.0. The fraction of sp³-hybridized carbons (Fsp3) is 0.409. The Morgan fingerprint density at radius 1 is 1.07 bits per heavy atom. The smallest absolute Gasteiger partial charge is 0.251 e. The first-order valence-corrected chi connectivity index (χ1v) is 11.7. The molecule has 1 aliphatic rings. The van der Waals surface area contributed by atoms with Gasteiger partial charge >= 0.3 is 0 Å². The molecule has 2 N–H and O–H groups in total. The van der Waals surface area contributed by atoms with E-state index in [0.717, 1.165) is 37.2 Å². The average Bonchev–Trinajstić information content (AvgIpc) is 3.29. The first-order valence-electron chi connectivity index (χ1n) is 10.2. The van der Waals surface area contributed by atoms with E-state index in [0.29, 0.717) is 18.7 Å². The highest BCUT2D eigenvalue weighted by atomic mass is 32.2. The Bertz CT molecular complexity index is 937. The van der Waals surface area contributed by atoms with E-state index in [9.17, 15) is 13.2 Å². The predicted molar refractivity (Wildman–Crippen MR) is 116 cm³/mol. The summed E-state index contributed by atoms with van der Waals surface area (Å²) in [5, 5.41) is 3.01. The lowest BCUT2D eigenvalue weighted by Crippen LogP contribution is -2.36. The quantitative estimate of drug-likeness (QED) is 0.637. The van der Waals surface area contributed by atoms with Crippen LogP contribution in [0, 0.1) is 0 Å². The van der Waals surface area contributed by atoms with Gasteiger partial charge in [-0.05, 0) is 67.9 Å². The number of hydrogen-bond donors (Lipinski definition) is 2. The van der Waals surface area contributed by atoms with Crippen LogP contribution in [0.4, 0.5) is 0 Å². The van der Waals surface area contributed by atoms with Crippen molar-refractivity contribution in [1.82, 2.24) is 14.9 Å². The topological polar surface area (TPSA) is 87.7 Å². The second kappa shape index (κ2) is 10.1. The highest BCUT2D eigenvalue weighted by molar-refractivity contribution is 7.89. The summed E-state index contributed by atoms with van der Waals surface area (Å²) in [5.41, 5.74) is 1.56. The normalized spacial score (nSPS) is 15.7. The number of carbonyl (C=O) groups excluding carboxylic acids is 1. The van der Waals surface area contributed by atoms with Crippen LogP contribution in [0.25, 0.3) is 0 Å². The first-order chi connectivity index (χ1) is 14.4. The van der Waals surface area contributed by atoms with Crippen molar-refractivity contribution in [2.75, 3.05) is 33.3 Å². The maximum Gasteiger partial charge on any atom is 0.251 e. The molecular weight excluding hydrogens is 402 g/mol. The molecule has 2 aromatic rings. The Morgan fingerprint density at radius 2 is 1.70 bits per heavy atom. The largest absolute Gasteiger partial charge is 0.497 e. The van der Waals surface area contributed by atoms with Crippen LogP contribution in [0.1, 0.15) is 41.7 Å². The molecule has 1 fully saturated rings. The van der Waals surface area contributed by atoms with Gasteiger partial charge in [-0.1, -0.05) is 19.1 Å². The van der Waals surface area contributed by atoms with E-state index >= 15 is 0 Å². The standard InChI is InChI=1S/C22H29N3O4S/c1-3-24-30(27,28)20-12-8-18(9-13-20)22(26)23-16-21(25-14-4-5-15-25)17-6-10-19(29-2)11-7-17/h6-13,21,24H,3-5,14-16H2,1-2H3,(H,23,26). The summed E-state index contributed by atoms with van der Waals surface area (Å²) in [6.07, 6.45) is 2.31. The number of rotatable bonds is 9. The number of benzene rings is 2. The molecule has 30 heavy (non-hydrogen) atoms. The third kappa shape index (κ3) is 5.38. The SMILES string of the molecule is CCNS(=O)(=O)c1ccc(C(=O)NCC(c2ccc(OC)cc2)N2CCCC2)cc1. The molecule has 0 aromatic heterocycles. The van der Waals surface area contributed by atoms with Crippen molar-refractivity contribution >= 4 is 15.9 Å². The number of carbonyl (C=O) groups is 1. The predicted octanol–water partition coefficient (Wildman–Crippen LogP) is 2.56. The van der Waals surface area contributed by atoms with Crippen LogP contribution >= 0.6 is 0 Å². The van der Waals surface area contributed by atoms with Crippen LogP contribution in [-0.2, 0) is 10.0 Å². The summed E-state index contributed by atoms with van der Waals surface area (Å²) in [6, 6.07) is 14.0. The molecule has 0 aliphatic carbocycles. The van der Waals surface area contributed by atoms with Crippen molar-refractivity contribution in [2.24, 2.45) is 0 Å². The van der Waals surface area contributed by atoms with Gasteiger partial charge in [-0.3, -0.25) is 9.69 Å². The van der Waals surface area contributed by atoms with Gasteiger partial charge in [-0.2, -0.15) is 0 Å². The van der Waals surface area contributed by atoms with E-state index < -0.39 is 10.0 Å². The van der Waals surface area contributed by atoms with E-state index in [4.69, 9.17) is 4.74 Å². The minimum absolute atomic E-state index is 0.0794. The Kier molecular flexibility index (Phi) is 7.47. The van der Waals surface area contributed by atoms with Gasteiger partial charge in [0.1, 0.15) is 5.75 Å².